The van der Waals surface area contributed by atoms with Crippen LogP contribution in [0.5, 0.6) is 0 Å². The minimum absolute atomic E-state index is 0.425. The van der Waals surface area contributed by atoms with Crippen molar-refractivity contribution in [1.82, 2.24) is 0 Å². The van der Waals surface area contributed by atoms with Gasteiger partial charge in [0, 0.05) is 0 Å². The minimum atomic E-state index is -0.477. The first-order chi connectivity index (χ1) is 10.3. The molecule has 0 fully saturated rings. The molecule has 0 aromatic heterocycles. The summed E-state index contributed by atoms with van der Waals surface area (Å²) in [6.45, 7) is 3.92. The van der Waals surface area contributed by atoms with Crippen LogP contribution in [0.4, 0.5) is 0 Å². The molecule has 124 valence electrons. The number of hydrogen-bond acceptors (Lipinski definition) is 4. The van der Waals surface area contributed by atoms with Gasteiger partial charge in [0.15, 0.2) is 0 Å². The summed E-state index contributed by atoms with van der Waals surface area (Å²) in [5.41, 5.74) is 0. The van der Waals surface area contributed by atoms with Crippen molar-refractivity contribution in [2.45, 2.75) is 109 Å². The van der Waals surface area contributed by atoms with Crippen LogP contribution < -0.4 is 0 Å². The van der Waals surface area contributed by atoms with Crippen molar-refractivity contribution in [2.24, 2.45) is 10.4 Å². The molecule has 2 atom stereocenters. The third kappa shape index (κ3) is 12.6. The molecule has 4 nitrogen and oxygen atoms in total. The van der Waals surface area contributed by atoms with E-state index in [9.17, 15) is 9.81 Å². The largest absolute Gasteiger partial charge is 0.150 e. The van der Waals surface area contributed by atoms with Crippen molar-refractivity contribution in [3.05, 3.63) is 9.81 Å². The zero-order valence-corrected chi connectivity index (χ0v) is 14.1. The van der Waals surface area contributed by atoms with Gasteiger partial charge in [-0.2, -0.15) is 9.81 Å². The Hall–Kier alpha value is -0.800. The Balaban J connectivity index is 3.25. The summed E-state index contributed by atoms with van der Waals surface area (Å²) in [7, 11) is 0. The molecule has 0 aliphatic rings. The summed E-state index contributed by atoms with van der Waals surface area (Å²) in [5, 5.41) is 5.90. The summed E-state index contributed by atoms with van der Waals surface area (Å²) in [6, 6.07) is -0.902. The van der Waals surface area contributed by atoms with Crippen LogP contribution in [-0.4, -0.2) is 12.1 Å². The first-order valence-electron chi connectivity index (χ1n) is 8.91. The Bertz CT molecular complexity index is 247. The van der Waals surface area contributed by atoms with Gasteiger partial charge in [0.05, 0.1) is 0 Å². The van der Waals surface area contributed by atoms with Gasteiger partial charge in [0.2, 0.25) is 0 Å². The van der Waals surface area contributed by atoms with Gasteiger partial charge in [-0.05, 0) is 13.3 Å². The molecule has 0 aliphatic heterocycles. The lowest BCUT2D eigenvalue weighted by Gasteiger charge is -2.10. The highest BCUT2D eigenvalue weighted by Gasteiger charge is 2.17. The maximum atomic E-state index is 10.6. The minimum Gasteiger partial charge on any atom is -0.150 e. The van der Waals surface area contributed by atoms with Crippen molar-refractivity contribution in [3.63, 3.8) is 0 Å². The van der Waals surface area contributed by atoms with Gasteiger partial charge in [-0.3, -0.25) is 0 Å². The second kappa shape index (κ2) is 15.6. The van der Waals surface area contributed by atoms with E-state index in [-0.39, 0.29) is 0 Å². The van der Waals surface area contributed by atoms with Gasteiger partial charge in [0.25, 0.3) is 0 Å². The molecule has 2 unspecified atom stereocenters. The van der Waals surface area contributed by atoms with Gasteiger partial charge in [-0.25, -0.2) is 0 Å². The van der Waals surface area contributed by atoms with Crippen molar-refractivity contribution in [3.8, 4) is 0 Å². The number of nitrogens with zero attached hydrogens (tertiary/aromatic N) is 2. The molecule has 4 heteroatoms. The molecule has 0 aromatic rings. The highest BCUT2D eigenvalue weighted by atomic mass is 16.3. The van der Waals surface area contributed by atoms with Crippen LogP contribution in [0.1, 0.15) is 97.3 Å². The Morgan fingerprint density at radius 3 is 1.48 bits per heavy atom. The van der Waals surface area contributed by atoms with Gasteiger partial charge in [0.1, 0.15) is 12.1 Å². The van der Waals surface area contributed by atoms with Gasteiger partial charge >= 0.3 is 0 Å². The number of rotatable bonds is 16. The van der Waals surface area contributed by atoms with E-state index in [4.69, 9.17) is 0 Å². The predicted molar refractivity (Wildman–Crippen MR) is 90.5 cm³/mol. The maximum absolute atomic E-state index is 10.6. The zero-order valence-electron chi connectivity index (χ0n) is 14.1. The fourth-order valence-corrected chi connectivity index (χ4v) is 2.65. The van der Waals surface area contributed by atoms with E-state index < -0.39 is 12.1 Å². The highest BCUT2D eigenvalue weighted by molar-refractivity contribution is 4.77. The SMILES string of the molecule is CCCCCCCCCCCCCCC(N=O)C(C)N=O. The third-order valence-corrected chi connectivity index (χ3v) is 4.21. The van der Waals surface area contributed by atoms with Gasteiger partial charge in [-0.15, -0.1) is 0 Å². The molecule has 0 aliphatic carbocycles. The molecule has 0 aromatic carbocycles. The summed E-state index contributed by atoms with van der Waals surface area (Å²) in [6.07, 6.45) is 16.3. The average Bonchev–Trinajstić information content (AvgIpc) is 2.51. The fourth-order valence-electron chi connectivity index (χ4n) is 2.65. The van der Waals surface area contributed by atoms with Crippen LogP contribution in [0.15, 0.2) is 10.4 Å². The average molecular weight is 298 g/mol. The Morgan fingerprint density at radius 2 is 1.10 bits per heavy atom. The highest BCUT2D eigenvalue weighted by Crippen LogP contribution is 2.15. The first-order valence-corrected chi connectivity index (χ1v) is 8.91. The summed E-state index contributed by atoms with van der Waals surface area (Å²) >= 11 is 0. The number of nitroso groups, excluding NO2 is 2. The summed E-state index contributed by atoms with van der Waals surface area (Å²) < 4.78 is 0. The van der Waals surface area contributed by atoms with E-state index in [0.717, 1.165) is 12.8 Å². The van der Waals surface area contributed by atoms with E-state index >= 15 is 0 Å². The van der Waals surface area contributed by atoms with Crippen LogP contribution >= 0.6 is 0 Å². The topological polar surface area (TPSA) is 58.9 Å². The molecule has 0 amide bonds. The Morgan fingerprint density at radius 1 is 0.667 bits per heavy atom. The van der Waals surface area contributed by atoms with Crippen molar-refractivity contribution in [2.75, 3.05) is 0 Å². The predicted octanol–water partition coefficient (Wildman–Crippen LogP) is 6.37. The maximum Gasteiger partial charge on any atom is 0.117 e. The lowest BCUT2D eigenvalue weighted by Crippen LogP contribution is -2.18. The number of hydrogen-bond donors (Lipinski definition) is 0. The molecule has 0 saturated carbocycles. The molecular weight excluding hydrogens is 264 g/mol. The summed E-state index contributed by atoms with van der Waals surface area (Å²) in [4.78, 5) is 21.0. The fraction of sp³-hybridized carbons (Fsp3) is 1.00. The normalized spacial score (nSPS) is 13.8. The molecular formula is C17H34N2O2. The van der Waals surface area contributed by atoms with Gasteiger partial charge < -0.3 is 0 Å². The molecule has 0 N–H and O–H groups in total. The van der Waals surface area contributed by atoms with Gasteiger partial charge in [-0.1, -0.05) is 94.3 Å². The lowest BCUT2D eigenvalue weighted by atomic mass is 10.0. The van der Waals surface area contributed by atoms with Crippen LogP contribution in [0, 0.1) is 9.81 Å². The van der Waals surface area contributed by atoms with Crippen LogP contribution in [0.3, 0.4) is 0 Å². The van der Waals surface area contributed by atoms with E-state index in [2.05, 4.69) is 17.3 Å². The molecule has 0 bridgehead atoms. The third-order valence-electron chi connectivity index (χ3n) is 4.21. The smallest absolute Gasteiger partial charge is 0.117 e. The molecule has 21 heavy (non-hydrogen) atoms. The van der Waals surface area contributed by atoms with Crippen LogP contribution in [0.25, 0.3) is 0 Å². The molecule has 0 saturated heterocycles. The van der Waals surface area contributed by atoms with E-state index in [1.807, 2.05) is 0 Å². The van der Waals surface area contributed by atoms with Crippen molar-refractivity contribution < 1.29 is 0 Å². The lowest BCUT2D eigenvalue weighted by molar-refractivity contribution is 0.480. The molecule has 0 heterocycles. The second-order valence-corrected chi connectivity index (χ2v) is 6.20. The van der Waals surface area contributed by atoms with Crippen LogP contribution in [-0.2, 0) is 0 Å². The van der Waals surface area contributed by atoms with E-state index in [0.29, 0.717) is 6.42 Å². The van der Waals surface area contributed by atoms with Crippen LogP contribution in [0.2, 0.25) is 0 Å². The zero-order chi connectivity index (χ0) is 15.8. The molecule has 0 rings (SSSR count). The van der Waals surface area contributed by atoms with Crippen molar-refractivity contribution in [1.29, 1.82) is 0 Å². The standard InChI is InChI=1S/C17H34N2O2/c1-3-4-5-6-7-8-9-10-11-12-13-14-15-17(19-21)16(2)18-20/h16-17H,3-15H2,1-2H3. The Kier molecular flexibility index (Phi) is 15.0. The summed E-state index contributed by atoms with van der Waals surface area (Å²) in [5.74, 6) is 0. The monoisotopic (exact) mass is 298 g/mol. The molecule has 0 radical (unpaired) electrons. The Labute approximate surface area is 130 Å². The van der Waals surface area contributed by atoms with Crippen molar-refractivity contribution >= 4 is 0 Å². The molecule has 0 spiro atoms. The quantitative estimate of drug-likeness (QED) is 0.245. The number of unbranched alkanes of at least 4 members (excludes halogenated alkanes) is 11. The van der Waals surface area contributed by atoms with E-state index in [1.54, 1.807) is 6.92 Å². The second-order valence-electron chi connectivity index (χ2n) is 6.20. The van der Waals surface area contributed by atoms with E-state index in [1.165, 1.54) is 64.2 Å². The first kappa shape index (κ1) is 20.2.